The average Bonchev–Trinajstić information content (AvgIpc) is 2.61. The fourth-order valence-electron chi connectivity index (χ4n) is 1.68. The van der Waals surface area contributed by atoms with Gasteiger partial charge in [0.2, 0.25) is 0 Å². The van der Waals surface area contributed by atoms with Crippen LogP contribution in [0.25, 0.3) is 0 Å². The van der Waals surface area contributed by atoms with Crippen LogP contribution in [0, 0.1) is 0 Å². The molecule has 2 aliphatic rings. The van der Waals surface area contributed by atoms with Crippen LogP contribution in [0.5, 0.6) is 0 Å². The molecular weight excluding hydrogens is 140 g/mol. The van der Waals surface area contributed by atoms with Gasteiger partial charge >= 0.3 is 0 Å². The van der Waals surface area contributed by atoms with Crippen molar-refractivity contribution in [2.75, 3.05) is 14.2 Å². The fraction of sp³-hybridized carbons (Fsp3) is 1.00. The zero-order valence-corrected chi connectivity index (χ0v) is 7.72. The second-order valence-electron chi connectivity index (χ2n) is 3.57. The molecule has 2 heteroatoms. The van der Waals surface area contributed by atoms with Crippen molar-refractivity contribution < 1.29 is 9.47 Å². The Hall–Kier alpha value is -0.0800. The molecule has 2 atom stereocenters. The van der Waals surface area contributed by atoms with Gasteiger partial charge in [-0.3, -0.25) is 0 Å². The molecule has 0 bridgehead atoms. The van der Waals surface area contributed by atoms with E-state index >= 15 is 0 Å². The monoisotopic (exact) mass is 158 g/mol. The lowest BCUT2D eigenvalue weighted by atomic mass is 9.91. The summed E-state index contributed by atoms with van der Waals surface area (Å²) >= 11 is 0. The van der Waals surface area contributed by atoms with E-state index < -0.39 is 0 Å². The summed E-state index contributed by atoms with van der Waals surface area (Å²) in [5.74, 6) is 0. The third kappa shape index (κ3) is 2.17. The molecule has 0 N–H and O–H groups in total. The topological polar surface area (TPSA) is 21.8 Å². The van der Waals surface area contributed by atoms with Crippen LogP contribution < -0.4 is 0 Å². The normalized spacial score (nSPS) is 40.1. The molecule has 11 heavy (non-hydrogen) atoms. The molecule has 1 aliphatic carbocycles. The van der Waals surface area contributed by atoms with Crippen molar-refractivity contribution in [2.45, 2.75) is 44.3 Å². The molecule has 1 heterocycles. The fourth-order valence-corrected chi connectivity index (χ4v) is 1.68. The molecule has 1 saturated carbocycles. The van der Waals surface area contributed by atoms with Gasteiger partial charge in [-0.1, -0.05) is 12.8 Å². The van der Waals surface area contributed by atoms with Crippen LogP contribution in [0.2, 0.25) is 0 Å². The largest absolute Gasteiger partial charge is 0.388 e. The molecule has 0 aromatic heterocycles. The number of rotatable bonds is 0. The molecule has 0 amide bonds. The number of ether oxygens (including phenoxy) is 2. The Balaban J connectivity index is 0.000000179. The van der Waals surface area contributed by atoms with Crippen molar-refractivity contribution in [1.29, 1.82) is 0 Å². The third-order valence-corrected chi connectivity index (χ3v) is 2.42. The Morgan fingerprint density at radius 2 is 2.00 bits per heavy atom. The quantitative estimate of drug-likeness (QED) is 0.503. The second kappa shape index (κ2) is 3.55. The van der Waals surface area contributed by atoms with Crippen molar-refractivity contribution in [2.24, 2.45) is 0 Å². The molecule has 0 aromatic rings. The first kappa shape index (κ1) is 9.01. The molecule has 1 aliphatic heterocycles. The van der Waals surface area contributed by atoms with Crippen molar-refractivity contribution in [1.82, 2.24) is 0 Å². The minimum absolute atomic E-state index is 0.345. The summed E-state index contributed by atoms with van der Waals surface area (Å²) in [4.78, 5) is 0. The number of hydrogen-bond donors (Lipinski definition) is 0. The van der Waals surface area contributed by atoms with Crippen LogP contribution in [0.4, 0.5) is 0 Å². The second-order valence-corrected chi connectivity index (χ2v) is 3.57. The molecule has 0 aromatic carbocycles. The van der Waals surface area contributed by atoms with E-state index in [-0.39, 0.29) is 0 Å². The predicted octanol–water partition coefficient (Wildman–Crippen LogP) is 1.98. The van der Waals surface area contributed by atoms with Crippen LogP contribution in [0.1, 0.15) is 32.6 Å². The molecule has 1 unspecified atom stereocenters. The Bertz CT molecular complexity index is 123. The van der Waals surface area contributed by atoms with Crippen molar-refractivity contribution in [3.63, 3.8) is 0 Å². The Labute approximate surface area is 68.9 Å². The first-order chi connectivity index (χ1) is 5.23. The van der Waals surface area contributed by atoms with Crippen molar-refractivity contribution >= 4 is 0 Å². The molecule has 0 radical (unpaired) electrons. The van der Waals surface area contributed by atoms with E-state index in [4.69, 9.17) is 4.74 Å². The number of methoxy groups -OCH3 is 1. The van der Waals surface area contributed by atoms with Gasteiger partial charge in [-0.25, -0.2) is 0 Å². The van der Waals surface area contributed by atoms with Crippen molar-refractivity contribution in [3.8, 4) is 0 Å². The van der Waals surface area contributed by atoms with Gasteiger partial charge in [0.05, 0.1) is 11.7 Å². The minimum Gasteiger partial charge on any atom is -0.388 e. The van der Waals surface area contributed by atoms with Gasteiger partial charge in [-0.2, -0.15) is 0 Å². The zero-order chi connectivity index (χ0) is 8.32. The SMILES string of the molecule is COC.C[C@]12CCCCC1O2. The van der Waals surface area contributed by atoms with Gasteiger partial charge in [0.15, 0.2) is 0 Å². The van der Waals surface area contributed by atoms with Gasteiger partial charge in [-0.05, 0) is 19.8 Å². The minimum atomic E-state index is 0.345. The Kier molecular flexibility index (Phi) is 2.90. The highest BCUT2D eigenvalue weighted by molar-refractivity contribution is 5.01. The smallest absolute Gasteiger partial charge is 0.0920 e. The number of hydrogen-bond acceptors (Lipinski definition) is 2. The van der Waals surface area contributed by atoms with Gasteiger partial charge < -0.3 is 9.47 Å². The summed E-state index contributed by atoms with van der Waals surface area (Å²) in [6.07, 6.45) is 6.04. The van der Waals surface area contributed by atoms with Crippen LogP contribution in [-0.2, 0) is 9.47 Å². The van der Waals surface area contributed by atoms with E-state index in [0.717, 1.165) is 0 Å². The van der Waals surface area contributed by atoms with E-state index in [9.17, 15) is 0 Å². The molecular formula is C9H18O2. The third-order valence-electron chi connectivity index (χ3n) is 2.42. The van der Waals surface area contributed by atoms with E-state index in [0.29, 0.717) is 11.7 Å². The molecule has 2 rings (SSSR count). The summed E-state index contributed by atoms with van der Waals surface area (Å²) in [6.45, 7) is 2.23. The molecule has 2 nitrogen and oxygen atoms in total. The van der Waals surface area contributed by atoms with E-state index in [1.165, 1.54) is 25.7 Å². The summed E-state index contributed by atoms with van der Waals surface area (Å²) in [5.41, 5.74) is 0.345. The molecule has 1 saturated heterocycles. The lowest BCUT2D eigenvalue weighted by molar-refractivity contribution is 0.277. The maximum Gasteiger partial charge on any atom is 0.0920 e. The molecule has 0 spiro atoms. The van der Waals surface area contributed by atoms with E-state index in [2.05, 4.69) is 11.7 Å². The lowest BCUT2D eigenvalue weighted by Crippen LogP contribution is -2.13. The highest BCUT2D eigenvalue weighted by Gasteiger charge is 2.52. The Morgan fingerprint density at radius 3 is 2.36 bits per heavy atom. The van der Waals surface area contributed by atoms with E-state index in [1.807, 2.05) is 0 Å². The highest BCUT2D eigenvalue weighted by Crippen LogP contribution is 2.46. The summed E-state index contributed by atoms with van der Waals surface area (Å²) in [6, 6.07) is 0. The average molecular weight is 158 g/mol. The van der Waals surface area contributed by atoms with Gasteiger partial charge in [-0.15, -0.1) is 0 Å². The summed E-state index contributed by atoms with van der Waals surface area (Å²) < 4.78 is 9.72. The summed E-state index contributed by atoms with van der Waals surface area (Å²) in [7, 11) is 3.25. The van der Waals surface area contributed by atoms with Crippen LogP contribution in [0.3, 0.4) is 0 Å². The number of fused-ring (bicyclic) bond motifs is 1. The predicted molar refractivity (Wildman–Crippen MR) is 44.7 cm³/mol. The standard InChI is InChI=1S/C7H12O.C2H6O/c1-7-5-3-2-4-6(7)8-7;1-3-2/h6H,2-5H2,1H3;1-2H3/t6?,7-;/m0./s1. The molecule has 66 valence electrons. The van der Waals surface area contributed by atoms with Crippen molar-refractivity contribution in [3.05, 3.63) is 0 Å². The van der Waals surface area contributed by atoms with Crippen LogP contribution >= 0.6 is 0 Å². The number of epoxide rings is 1. The first-order valence-corrected chi connectivity index (χ1v) is 4.31. The highest BCUT2D eigenvalue weighted by atomic mass is 16.6. The maximum atomic E-state index is 5.47. The molecule has 2 fully saturated rings. The lowest BCUT2D eigenvalue weighted by Gasteiger charge is -2.09. The first-order valence-electron chi connectivity index (χ1n) is 4.31. The zero-order valence-electron chi connectivity index (χ0n) is 7.72. The van der Waals surface area contributed by atoms with Crippen LogP contribution in [0.15, 0.2) is 0 Å². The van der Waals surface area contributed by atoms with Crippen LogP contribution in [-0.4, -0.2) is 25.9 Å². The van der Waals surface area contributed by atoms with Gasteiger partial charge in [0, 0.05) is 14.2 Å². The summed E-state index contributed by atoms with van der Waals surface area (Å²) in [5, 5.41) is 0. The Morgan fingerprint density at radius 1 is 1.36 bits per heavy atom. The van der Waals surface area contributed by atoms with Gasteiger partial charge in [0.25, 0.3) is 0 Å². The van der Waals surface area contributed by atoms with E-state index in [1.54, 1.807) is 14.2 Å². The maximum absolute atomic E-state index is 5.47. The van der Waals surface area contributed by atoms with Gasteiger partial charge in [0.1, 0.15) is 0 Å².